The van der Waals surface area contributed by atoms with E-state index in [2.05, 4.69) is 26.6 Å². The van der Waals surface area contributed by atoms with Crippen LogP contribution in [0.4, 0.5) is 4.39 Å². The predicted octanol–water partition coefficient (Wildman–Crippen LogP) is 2.42. The molecule has 6 heteroatoms. The summed E-state index contributed by atoms with van der Waals surface area (Å²) in [6.07, 6.45) is 2.43. The second-order valence-electron chi connectivity index (χ2n) is 4.43. The van der Waals surface area contributed by atoms with Crippen LogP contribution < -0.4 is 10.6 Å². The van der Waals surface area contributed by atoms with Gasteiger partial charge in [0.1, 0.15) is 5.82 Å². The summed E-state index contributed by atoms with van der Waals surface area (Å²) < 4.78 is 14.3. The zero-order chi connectivity index (χ0) is 13.0. The Bertz CT molecular complexity index is 439. The van der Waals surface area contributed by atoms with Crippen molar-refractivity contribution in [2.45, 2.75) is 25.3 Å². The molecule has 1 aliphatic rings. The first kappa shape index (κ1) is 16.4. The van der Waals surface area contributed by atoms with Gasteiger partial charge >= 0.3 is 0 Å². The Morgan fingerprint density at radius 2 is 2.32 bits per heavy atom. The van der Waals surface area contributed by atoms with Crippen molar-refractivity contribution in [1.82, 2.24) is 10.6 Å². The van der Waals surface area contributed by atoms with E-state index in [1.807, 2.05) is 0 Å². The largest absolute Gasteiger partial charge is 0.354 e. The molecular weight excluding hydrogens is 335 g/mol. The molecule has 1 fully saturated rings. The summed E-state index contributed by atoms with van der Waals surface area (Å²) >= 11 is 3.31. The highest BCUT2D eigenvalue weighted by atomic mass is 79.9. The molecule has 1 amide bonds. The minimum Gasteiger partial charge on any atom is -0.354 e. The molecule has 1 aromatic carbocycles. The molecule has 2 rings (SSSR count). The highest BCUT2D eigenvalue weighted by Crippen LogP contribution is 2.15. The molecule has 1 heterocycles. The van der Waals surface area contributed by atoms with Gasteiger partial charge in [-0.15, -0.1) is 12.4 Å². The second kappa shape index (κ2) is 7.82. The van der Waals surface area contributed by atoms with Crippen LogP contribution in [-0.2, 0) is 11.2 Å². The van der Waals surface area contributed by atoms with Crippen LogP contribution in [0.2, 0.25) is 0 Å². The lowest BCUT2D eigenvalue weighted by Gasteiger charge is -2.11. The van der Waals surface area contributed by atoms with Crippen molar-refractivity contribution in [2.75, 3.05) is 13.1 Å². The first-order chi connectivity index (χ1) is 8.66. The average Bonchev–Trinajstić information content (AvgIpc) is 2.87. The van der Waals surface area contributed by atoms with E-state index < -0.39 is 0 Å². The second-order valence-corrected chi connectivity index (χ2v) is 5.34. The number of nitrogens with one attached hydrogen (secondary N) is 2. The van der Waals surface area contributed by atoms with E-state index in [1.165, 1.54) is 6.07 Å². The standard InChI is InChI=1S/C13H16BrFN2O.ClH/c14-10-3-4-11(15)9(8-10)5-7-17-13(18)12-2-1-6-16-12;/h3-4,8,12,16H,1-2,5-7H2,(H,17,18);1H. The van der Waals surface area contributed by atoms with Crippen LogP contribution in [0.1, 0.15) is 18.4 Å². The van der Waals surface area contributed by atoms with Gasteiger partial charge in [-0.2, -0.15) is 0 Å². The molecule has 0 aromatic heterocycles. The molecule has 0 spiro atoms. The molecule has 1 saturated heterocycles. The number of rotatable bonds is 4. The van der Waals surface area contributed by atoms with Crippen molar-refractivity contribution >= 4 is 34.2 Å². The van der Waals surface area contributed by atoms with Crippen LogP contribution in [0.25, 0.3) is 0 Å². The monoisotopic (exact) mass is 350 g/mol. The number of amides is 1. The van der Waals surface area contributed by atoms with Gasteiger partial charge in [0.25, 0.3) is 0 Å². The summed E-state index contributed by atoms with van der Waals surface area (Å²) in [6, 6.07) is 4.77. The number of hydrogen-bond acceptors (Lipinski definition) is 2. The molecule has 1 unspecified atom stereocenters. The van der Waals surface area contributed by atoms with Gasteiger partial charge in [-0.3, -0.25) is 4.79 Å². The smallest absolute Gasteiger partial charge is 0.237 e. The van der Waals surface area contributed by atoms with Gasteiger partial charge in [0.05, 0.1) is 6.04 Å². The predicted molar refractivity (Wildman–Crippen MR) is 79.1 cm³/mol. The summed E-state index contributed by atoms with van der Waals surface area (Å²) in [4.78, 5) is 11.7. The maximum atomic E-state index is 13.4. The number of halogens is 3. The molecule has 3 nitrogen and oxygen atoms in total. The Labute approximate surface area is 126 Å². The average molecular weight is 352 g/mol. The van der Waals surface area contributed by atoms with Crippen LogP contribution >= 0.6 is 28.3 Å². The summed E-state index contributed by atoms with van der Waals surface area (Å²) in [5.74, 6) is -0.214. The maximum Gasteiger partial charge on any atom is 0.237 e. The third-order valence-electron chi connectivity index (χ3n) is 3.08. The van der Waals surface area contributed by atoms with Gasteiger partial charge in [0, 0.05) is 11.0 Å². The maximum absolute atomic E-state index is 13.4. The van der Waals surface area contributed by atoms with E-state index in [0.717, 1.165) is 23.9 Å². The van der Waals surface area contributed by atoms with Crippen molar-refractivity contribution in [2.24, 2.45) is 0 Å². The molecule has 19 heavy (non-hydrogen) atoms. The Kier molecular flexibility index (Phi) is 6.75. The molecule has 1 atom stereocenters. The van der Waals surface area contributed by atoms with Gasteiger partial charge in [-0.05, 0) is 49.6 Å². The third-order valence-corrected chi connectivity index (χ3v) is 3.57. The highest BCUT2D eigenvalue weighted by molar-refractivity contribution is 9.10. The van der Waals surface area contributed by atoms with Crippen LogP contribution in [-0.4, -0.2) is 25.0 Å². The molecule has 1 aliphatic heterocycles. The van der Waals surface area contributed by atoms with Crippen molar-refractivity contribution in [1.29, 1.82) is 0 Å². The Hall–Kier alpha value is -0.650. The van der Waals surface area contributed by atoms with Gasteiger partial charge < -0.3 is 10.6 Å². The van der Waals surface area contributed by atoms with E-state index in [-0.39, 0.29) is 30.2 Å². The van der Waals surface area contributed by atoms with Crippen molar-refractivity contribution < 1.29 is 9.18 Å². The Balaban J connectivity index is 0.00000180. The molecule has 106 valence electrons. The zero-order valence-electron chi connectivity index (χ0n) is 10.4. The number of carbonyl (C=O) groups excluding carboxylic acids is 1. The fraction of sp³-hybridized carbons (Fsp3) is 0.462. The summed E-state index contributed by atoms with van der Waals surface area (Å²) in [6.45, 7) is 1.36. The van der Waals surface area contributed by atoms with E-state index in [4.69, 9.17) is 0 Å². The molecular formula is C13H17BrClFN2O. The van der Waals surface area contributed by atoms with Crippen LogP contribution in [0, 0.1) is 5.82 Å². The zero-order valence-corrected chi connectivity index (χ0v) is 12.8. The Morgan fingerprint density at radius 3 is 3.00 bits per heavy atom. The minimum atomic E-state index is -0.230. The number of benzene rings is 1. The normalized spacial score (nSPS) is 17.9. The lowest BCUT2D eigenvalue weighted by atomic mass is 10.1. The van der Waals surface area contributed by atoms with Crippen LogP contribution in [0.3, 0.4) is 0 Å². The van der Waals surface area contributed by atoms with Gasteiger partial charge in [0.2, 0.25) is 5.91 Å². The topological polar surface area (TPSA) is 41.1 Å². The molecule has 2 N–H and O–H groups in total. The molecule has 1 aromatic rings. The number of hydrogen-bond donors (Lipinski definition) is 2. The third kappa shape index (κ3) is 4.75. The molecule has 0 saturated carbocycles. The first-order valence-electron chi connectivity index (χ1n) is 6.12. The van der Waals surface area contributed by atoms with E-state index in [9.17, 15) is 9.18 Å². The fourth-order valence-electron chi connectivity index (χ4n) is 2.09. The van der Waals surface area contributed by atoms with Gasteiger partial charge in [-0.25, -0.2) is 4.39 Å². The van der Waals surface area contributed by atoms with E-state index in [0.29, 0.717) is 18.5 Å². The number of carbonyl (C=O) groups is 1. The summed E-state index contributed by atoms with van der Waals surface area (Å²) in [7, 11) is 0. The van der Waals surface area contributed by atoms with Gasteiger partial charge in [-0.1, -0.05) is 15.9 Å². The van der Waals surface area contributed by atoms with Crippen LogP contribution in [0.5, 0.6) is 0 Å². The van der Waals surface area contributed by atoms with E-state index >= 15 is 0 Å². The quantitative estimate of drug-likeness (QED) is 0.875. The summed E-state index contributed by atoms with van der Waals surface area (Å²) in [5.41, 5.74) is 0.615. The molecule has 0 aliphatic carbocycles. The van der Waals surface area contributed by atoms with Gasteiger partial charge in [0.15, 0.2) is 0 Å². The lowest BCUT2D eigenvalue weighted by molar-refractivity contribution is -0.122. The van der Waals surface area contributed by atoms with Crippen molar-refractivity contribution in [3.05, 3.63) is 34.1 Å². The van der Waals surface area contributed by atoms with Crippen molar-refractivity contribution in [3.8, 4) is 0 Å². The fourth-order valence-corrected chi connectivity index (χ4v) is 2.50. The summed E-state index contributed by atoms with van der Waals surface area (Å²) in [5, 5.41) is 5.97. The SMILES string of the molecule is Cl.O=C(NCCc1cc(Br)ccc1F)C1CCCN1. The Morgan fingerprint density at radius 1 is 1.53 bits per heavy atom. The van der Waals surface area contributed by atoms with E-state index in [1.54, 1.807) is 12.1 Å². The molecule has 0 bridgehead atoms. The minimum absolute atomic E-state index is 0. The van der Waals surface area contributed by atoms with Crippen molar-refractivity contribution in [3.63, 3.8) is 0 Å². The lowest BCUT2D eigenvalue weighted by Crippen LogP contribution is -2.41. The highest BCUT2D eigenvalue weighted by Gasteiger charge is 2.21. The first-order valence-corrected chi connectivity index (χ1v) is 6.91. The molecule has 0 radical (unpaired) electrons. The van der Waals surface area contributed by atoms with Crippen LogP contribution in [0.15, 0.2) is 22.7 Å².